The minimum atomic E-state index is -0.299. The van der Waals surface area contributed by atoms with Crippen molar-refractivity contribution in [1.82, 2.24) is 9.55 Å². The molecule has 0 unspecified atom stereocenters. The zero-order chi connectivity index (χ0) is 15.0. The highest BCUT2D eigenvalue weighted by atomic mass is 79.9. The lowest BCUT2D eigenvalue weighted by Gasteiger charge is -2.09. The molecule has 3 nitrogen and oxygen atoms in total. The first kappa shape index (κ1) is 14.1. The van der Waals surface area contributed by atoms with E-state index in [9.17, 15) is 4.39 Å². The van der Waals surface area contributed by atoms with Gasteiger partial charge < -0.3 is 10.3 Å². The van der Waals surface area contributed by atoms with E-state index in [0.717, 1.165) is 34.3 Å². The normalized spacial score (nSPS) is 11.2. The van der Waals surface area contributed by atoms with Gasteiger partial charge in [0.2, 0.25) is 0 Å². The van der Waals surface area contributed by atoms with Crippen LogP contribution in [0.2, 0.25) is 0 Å². The van der Waals surface area contributed by atoms with E-state index in [2.05, 4.69) is 27.8 Å². The first-order valence-electron chi connectivity index (χ1n) is 6.81. The summed E-state index contributed by atoms with van der Waals surface area (Å²) in [7, 11) is 0. The number of para-hydroxylation sites is 1. The van der Waals surface area contributed by atoms with Gasteiger partial charge in [0.25, 0.3) is 0 Å². The Kier molecular flexibility index (Phi) is 3.68. The fourth-order valence-electron chi connectivity index (χ4n) is 2.52. The van der Waals surface area contributed by atoms with E-state index in [0.29, 0.717) is 11.2 Å². The second-order valence-corrected chi connectivity index (χ2v) is 5.88. The van der Waals surface area contributed by atoms with Crippen molar-refractivity contribution in [3.63, 3.8) is 0 Å². The van der Waals surface area contributed by atoms with E-state index in [1.54, 1.807) is 6.07 Å². The number of imidazole rings is 1. The van der Waals surface area contributed by atoms with Gasteiger partial charge >= 0.3 is 0 Å². The van der Waals surface area contributed by atoms with Gasteiger partial charge in [-0.15, -0.1) is 0 Å². The molecule has 0 atom stereocenters. The van der Waals surface area contributed by atoms with Crippen molar-refractivity contribution in [3.8, 4) is 11.4 Å². The van der Waals surface area contributed by atoms with E-state index in [-0.39, 0.29) is 5.82 Å². The van der Waals surface area contributed by atoms with Crippen molar-refractivity contribution in [2.45, 2.75) is 19.9 Å². The van der Waals surface area contributed by atoms with Crippen molar-refractivity contribution in [2.24, 2.45) is 0 Å². The van der Waals surface area contributed by atoms with Gasteiger partial charge in [-0.2, -0.15) is 0 Å². The number of nitrogen functional groups attached to an aromatic ring is 1. The molecule has 1 aromatic heterocycles. The Labute approximate surface area is 130 Å². The summed E-state index contributed by atoms with van der Waals surface area (Å²) in [6.45, 7) is 2.87. The Hall–Kier alpha value is -1.88. The molecule has 0 saturated carbocycles. The van der Waals surface area contributed by atoms with Crippen LogP contribution in [0.15, 0.2) is 40.9 Å². The number of nitrogens with zero attached hydrogens (tertiary/aromatic N) is 2. The zero-order valence-corrected chi connectivity index (χ0v) is 13.2. The maximum atomic E-state index is 14.0. The van der Waals surface area contributed by atoms with Gasteiger partial charge in [-0.05, 0) is 36.8 Å². The second kappa shape index (κ2) is 5.48. The summed E-state index contributed by atoms with van der Waals surface area (Å²) in [6.07, 6.45) is 0.943. The molecule has 3 aromatic rings. The largest absolute Gasteiger partial charge is 0.399 e. The molecule has 0 radical (unpaired) electrons. The van der Waals surface area contributed by atoms with Crippen LogP contribution in [0, 0.1) is 5.82 Å². The van der Waals surface area contributed by atoms with Crippen LogP contribution in [-0.2, 0) is 6.54 Å². The number of hydrogen-bond donors (Lipinski definition) is 1. The zero-order valence-electron chi connectivity index (χ0n) is 11.6. The molecule has 21 heavy (non-hydrogen) atoms. The number of nitrogens with two attached hydrogens (primary N) is 1. The van der Waals surface area contributed by atoms with Gasteiger partial charge in [-0.1, -0.05) is 28.9 Å². The Morgan fingerprint density at radius 2 is 2.10 bits per heavy atom. The Balaban J connectivity index is 2.30. The molecule has 0 aliphatic heterocycles. The van der Waals surface area contributed by atoms with E-state index in [1.807, 2.05) is 28.8 Å². The summed E-state index contributed by atoms with van der Waals surface area (Å²) in [5.74, 6) is 0.441. The summed E-state index contributed by atoms with van der Waals surface area (Å²) >= 11 is 3.44. The second-order valence-electron chi connectivity index (χ2n) is 4.97. The maximum Gasteiger partial charge on any atom is 0.151 e. The van der Waals surface area contributed by atoms with Crippen LogP contribution < -0.4 is 5.73 Å². The highest BCUT2D eigenvalue weighted by molar-refractivity contribution is 9.10. The standard InChI is InChI=1S/C16H15BrFN3/c1-2-6-21-14-5-3-4-13(18)15(14)20-16(21)10-7-11(17)9-12(19)8-10/h3-5,7-9H,2,6,19H2,1H3. The topological polar surface area (TPSA) is 43.8 Å². The van der Waals surface area contributed by atoms with Crippen molar-refractivity contribution in [1.29, 1.82) is 0 Å². The molecule has 0 fully saturated rings. The molecule has 1 heterocycles. The highest BCUT2D eigenvalue weighted by Gasteiger charge is 2.15. The average molecular weight is 348 g/mol. The van der Waals surface area contributed by atoms with Gasteiger partial charge in [-0.25, -0.2) is 9.37 Å². The number of benzene rings is 2. The number of fused-ring (bicyclic) bond motifs is 1. The fourth-order valence-corrected chi connectivity index (χ4v) is 3.04. The molecular formula is C16H15BrFN3. The van der Waals surface area contributed by atoms with Crippen LogP contribution >= 0.6 is 15.9 Å². The van der Waals surface area contributed by atoms with Crippen molar-refractivity contribution >= 4 is 32.7 Å². The molecule has 2 aromatic carbocycles. The van der Waals surface area contributed by atoms with E-state index in [1.165, 1.54) is 6.07 Å². The molecule has 3 rings (SSSR count). The van der Waals surface area contributed by atoms with Gasteiger partial charge in [0.1, 0.15) is 11.3 Å². The third-order valence-electron chi connectivity index (χ3n) is 3.36. The minimum Gasteiger partial charge on any atom is -0.399 e. The van der Waals surface area contributed by atoms with E-state index in [4.69, 9.17) is 5.73 Å². The highest BCUT2D eigenvalue weighted by Crippen LogP contribution is 2.30. The molecule has 0 aliphatic rings. The summed E-state index contributed by atoms with van der Waals surface area (Å²) in [4.78, 5) is 4.49. The fraction of sp³-hybridized carbons (Fsp3) is 0.188. The molecule has 5 heteroatoms. The van der Waals surface area contributed by atoms with Crippen LogP contribution in [0.5, 0.6) is 0 Å². The predicted octanol–water partition coefficient (Wildman–Crippen LogP) is 4.60. The first-order valence-corrected chi connectivity index (χ1v) is 7.60. The Bertz CT molecular complexity index is 790. The lowest BCUT2D eigenvalue weighted by atomic mass is 10.2. The number of aryl methyl sites for hydroxylation is 1. The molecule has 2 N–H and O–H groups in total. The number of halogens is 2. The van der Waals surface area contributed by atoms with Gasteiger partial charge in [-0.3, -0.25) is 0 Å². The summed E-state index contributed by atoms with van der Waals surface area (Å²) < 4.78 is 16.9. The predicted molar refractivity (Wildman–Crippen MR) is 87.5 cm³/mol. The van der Waals surface area contributed by atoms with E-state index >= 15 is 0 Å². The third-order valence-corrected chi connectivity index (χ3v) is 3.81. The summed E-state index contributed by atoms with van der Waals surface area (Å²) in [5.41, 5.74) is 8.65. The van der Waals surface area contributed by atoms with E-state index < -0.39 is 0 Å². The molecule has 0 bridgehead atoms. The van der Waals surface area contributed by atoms with Gasteiger partial charge in [0, 0.05) is 22.3 Å². The van der Waals surface area contributed by atoms with Crippen LogP contribution in [-0.4, -0.2) is 9.55 Å². The first-order chi connectivity index (χ1) is 10.1. The van der Waals surface area contributed by atoms with Crippen LogP contribution in [0.1, 0.15) is 13.3 Å². The quantitative estimate of drug-likeness (QED) is 0.703. The average Bonchev–Trinajstić information content (AvgIpc) is 2.79. The third kappa shape index (κ3) is 2.53. The summed E-state index contributed by atoms with van der Waals surface area (Å²) in [5, 5.41) is 0. The van der Waals surface area contributed by atoms with Gasteiger partial charge in [0.05, 0.1) is 5.52 Å². The molecular weight excluding hydrogens is 333 g/mol. The lowest BCUT2D eigenvalue weighted by molar-refractivity contribution is 0.637. The maximum absolute atomic E-state index is 14.0. The Morgan fingerprint density at radius 1 is 1.29 bits per heavy atom. The van der Waals surface area contributed by atoms with Crippen molar-refractivity contribution in [2.75, 3.05) is 5.73 Å². The number of hydrogen-bond acceptors (Lipinski definition) is 2. The molecule has 108 valence electrons. The molecule has 0 amide bonds. The smallest absolute Gasteiger partial charge is 0.151 e. The molecule has 0 aliphatic carbocycles. The van der Waals surface area contributed by atoms with Crippen LogP contribution in [0.3, 0.4) is 0 Å². The van der Waals surface area contributed by atoms with Crippen LogP contribution in [0.25, 0.3) is 22.4 Å². The van der Waals surface area contributed by atoms with Crippen LogP contribution in [0.4, 0.5) is 10.1 Å². The lowest BCUT2D eigenvalue weighted by Crippen LogP contribution is -2.00. The number of aromatic nitrogens is 2. The minimum absolute atomic E-state index is 0.299. The number of anilines is 1. The molecule has 0 spiro atoms. The van der Waals surface area contributed by atoms with Crippen molar-refractivity contribution in [3.05, 3.63) is 46.7 Å². The Morgan fingerprint density at radius 3 is 2.81 bits per heavy atom. The number of rotatable bonds is 3. The van der Waals surface area contributed by atoms with Crippen molar-refractivity contribution < 1.29 is 4.39 Å². The monoisotopic (exact) mass is 347 g/mol. The molecule has 0 saturated heterocycles. The SMILES string of the molecule is CCCn1c(-c2cc(N)cc(Br)c2)nc2c(F)cccc21. The van der Waals surface area contributed by atoms with Gasteiger partial charge in [0.15, 0.2) is 5.82 Å². The summed E-state index contributed by atoms with van der Waals surface area (Å²) in [6, 6.07) is 10.7.